The van der Waals surface area contributed by atoms with Crippen LogP contribution in [0.5, 0.6) is 0 Å². The van der Waals surface area contributed by atoms with Crippen LogP contribution in [0.1, 0.15) is 0 Å². The molecule has 0 radical (unpaired) electrons. The Balaban J connectivity index is 4.26. The molecule has 1 atom stereocenters. The molecule has 0 aliphatic heterocycles. The molecule has 0 aromatic carbocycles. The first-order valence-corrected chi connectivity index (χ1v) is 5.23. The zero-order valence-corrected chi connectivity index (χ0v) is 6.12. The van der Waals surface area contributed by atoms with E-state index in [4.69, 9.17) is 4.55 Å². The second-order valence-electron chi connectivity index (χ2n) is 1.39. The standard InChI is InChI=1S/CH5FNO4PS/c1-8(2,4)3-9(5,6)7/h1H3,(H,3,4)(H,5,6,7). The van der Waals surface area contributed by atoms with Crippen molar-refractivity contribution in [3.63, 3.8) is 0 Å². The quantitative estimate of drug-likeness (QED) is 0.465. The van der Waals surface area contributed by atoms with Crippen LogP contribution in [-0.4, -0.2) is 19.6 Å². The molecule has 0 saturated heterocycles. The molecule has 5 nitrogen and oxygen atoms in total. The number of hydrogen-bond acceptors (Lipinski definition) is 3. The van der Waals surface area contributed by atoms with E-state index < -0.39 is 17.9 Å². The molecule has 1 unspecified atom stereocenters. The van der Waals surface area contributed by atoms with Gasteiger partial charge in [-0.25, -0.2) is 0 Å². The van der Waals surface area contributed by atoms with Crippen LogP contribution in [0.15, 0.2) is 0 Å². The highest BCUT2D eigenvalue weighted by Crippen LogP contribution is 2.37. The Kier molecular flexibility index (Phi) is 2.35. The highest BCUT2D eigenvalue weighted by molar-refractivity contribution is 7.90. The normalized spacial score (nSPS) is 19.0. The predicted octanol–water partition coefficient (Wildman–Crippen LogP) is 0.171. The molecular formula is CH5FNO4PS. The Bertz CT molecular complexity index is 227. The van der Waals surface area contributed by atoms with Gasteiger partial charge in [-0.15, -0.1) is 4.49 Å². The molecule has 0 aliphatic rings. The van der Waals surface area contributed by atoms with Crippen molar-refractivity contribution >= 4 is 17.9 Å². The molecule has 0 rings (SSSR count). The van der Waals surface area contributed by atoms with Crippen molar-refractivity contribution in [1.82, 2.24) is 4.49 Å². The summed E-state index contributed by atoms with van der Waals surface area (Å²) >= 11 is 0. The Morgan fingerprint density at radius 1 is 1.67 bits per heavy atom. The maximum Gasteiger partial charge on any atom is 0.341 e. The minimum Gasteiger partial charge on any atom is -0.273 e. The number of rotatable bonds is 2. The van der Waals surface area contributed by atoms with Crippen LogP contribution in [0.4, 0.5) is 4.20 Å². The smallest absolute Gasteiger partial charge is 0.273 e. The molecule has 0 bridgehead atoms. The van der Waals surface area contributed by atoms with Gasteiger partial charge in [0, 0.05) is 6.66 Å². The zero-order chi connectivity index (χ0) is 7.71. The van der Waals surface area contributed by atoms with E-state index in [1.807, 2.05) is 0 Å². The molecule has 9 heavy (non-hydrogen) atoms. The first kappa shape index (κ1) is 9.03. The SMILES string of the molecule is CP(=O)(F)NS(=O)(=O)O. The van der Waals surface area contributed by atoms with E-state index in [0.717, 1.165) is 4.49 Å². The summed E-state index contributed by atoms with van der Waals surface area (Å²) in [6, 6.07) is 0. The first-order valence-electron chi connectivity index (χ1n) is 1.74. The van der Waals surface area contributed by atoms with E-state index in [-0.39, 0.29) is 0 Å². The Labute approximate surface area is 51.7 Å². The van der Waals surface area contributed by atoms with Gasteiger partial charge in [-0.2, -0.15) is 12.6 Å². The van der Waals surface area contributed by atoms with Crippen molar-refractivity contribution in [3.05, 3.63) is 0 Å². The number of hydrogen-bond donors (Lipinski definition) is 2. The van der Waals surface area contributed by atoms with Gasteiger partial charge in [0.1, 0.15) is 0 Å². The average Bonchev–Trinajstić information content (AvgIpc) is 1.14. The van der Waals surface area contributed by atoms with Gasteiger partial charge < -0.3 is 0 Å². The van der Waals surface area contributed by atoms with Crippen LogP contribution < -0.4 is 4.49 Å². The van der Waals surface area contributed by atoms with Crippen molar-refractivity contribution in [1.29, 1.82) is 0 Å². The maximum absolute atomic E-state index is 11.8. The van der Waals surface area contributed by atoms with Crippen molar-refractivity contribution < 1.29 is 21.7 Å². The highest BCUT2D eigenvalue weighted by atomic mass is 32.2. The average molecular weight is 177 g/mol. The second-order valence-corrected chi connectivity index (χ2v) is 4.71. The van der Waals surface area contributed by atoms with Gasteiger partial charge in [-0.05, 0) is 0 Å². The summed E-state index contributed by atoms with van der Waals surface area (Å²) in [5.41, 5.74) is 0. The van der Waals surface area contributed by atoms with E-state index in [0.29, 0.717) is 6.66 Å². The second kappa shape index (κ2) is 2.34. The number of nitrogens with one attached hydrogen (secondary N) is 1. The van der Waals surface area contributed by atoms with E-state index in [1.54, 1.807) is 0 Å². The molecular weight excluding hydrogens is 172 g/mol. The topological polar surface area (TPSA) is 83.5 Å². The molecule has 0 spiro atoms. The Hall–Kier alpha value is 0.0300. The molecule has 2 N–H and O–H groups in total. The fourth-order valence-corrected chi connectivity index (χ4v) is 1.85. The molecule has 56 valence electrons. The van der Waals surface area contributed by atoms with Crippen molar-refractivity contribution in [2.75, 3.05) is 6.66 Å². The minimum absolute atomic E-state index is 0.529. The largest absolute Gasteiger partial charge is 0.341 e. The molecule has 0 heterocycles. The summed E-state index contributed by atoms with van der Waals surface area (Å²) in [5, 5.41) is 0. The van der Waals surface area contributed by atoms with Gasteiger partial charge in [0.2, 0.25) is 0 Å². The molecule has 0 aromatic rings. The molecule has 0 amide bonds. The van der Waals surface area contributed by atoms with Crippen LogP contribution in [0.25, 0.3) is 0 Å². The third-order valence-electron chi connectivity index (χ3n) is 0.278. The Morgan fingerprint density at radius 3 is 2.00 bits per heavy atom. The number of halogens is 1. The third-order valence-corrected chi connectivity index (χ3v) is 2.51. The molecule has 8 heteroatoms. The lowest BCUT2D eigenvalue weighted by Crippen LogP contribution is -2.16. The van der Waals surface area contributed by atoms with E-state index in [2.05, 4.69) is 0 Å². The van der Waals surface area contributed by atoms with Crippen LogP contribution in [0.3, 0.4) is 0 Å². The van der Waals surface area contributed by atoms with Gasteiger partial charge >= 0.3 is 17.9 Å². The molecule has 0 saturated carbocycles. The monoisotopic (exact) mass is 177 g/mol. The fourth-order valence-electron chi connectivity index (χ4n) is 0.206. The van der Waals surface area contributed by atoms with Gasteiger partial charge in [-0.3, -0.25) is 9.12 Å². The van der Waals surface area contributed by atoms with Gasteiger partial charge in [0.05, 0.1) is 0 Å². The van der Waals surface area contributed by atoms with E-state index in [1.165, 1.54) is 0 Å². The molecule has 0 fully saturated rings. The van der Waals surface area contributed by atoms with E-state index in [9.17, 15) is 17.2 Å². The predicted molar refractivity (Wildman–Crippen MR) is 29.3 cm³/mol. The van der Waals surface area contributed by atoms with Gasteiger partial charge in [0.25, 0.3) is 0 Å². The lowest BCUT2D eigenvalue weighted by molar-refractivity contribution is 0.474. The lowest BCUT2D eigenvalue weighted by Gasteiger charge is -1.98. The van der Waals surface area contributed by atoms with Crippen LogP contribution >= 0.6 is 7.60 Å². The van der Waals surface area contributed by atoms with Crippen molar-refractivity contribution in [2.45, 2.75) is 0 Å². The highest BCUT2D eigenvalue weighted by Gasteiger charge is 2.18. The van der Waals surface area contributed by atoms with Gasteiger partial charge in [0.15, 0.2) is 0 Å². The molecule has 0 aromatic heterocycles. The summed E-state index contributed by atoms with van der Waals surface area (Å²) in [5.74, 6) is 0. The van der Waals surface area contributed by atoms with Crippen LogP contribution in [-0.2, 0) is 14.9 Å². The maximum atomic E-state index is 11.8. The first-order chi connectivity index (χ1) is 3.71. The minimum atomic E-state index is -4.67. The van der Waals surface area contributed by atoms with E-state index >= 15 is 0 Å². The summed E-state index contributed by atoms with van der Waals surface area (Å²) in [7, 11) is -9.05. The van der Waals surface area contributed by atoms with Crippen LogP contribution in [0, 0.1) is 0 Å². The van der Waals surface area contributed by atoms with Crippen molar-refractivity contribution in [3.8, 4) is 0 Å². The lowest BCUT2D eigenvalue weighted by atomic mass is 12.0. The van der Waals surface area contributed by atoms with Crippen LogP contribution in [0.2, 0.25) is 0 Å². The summed E-state index contributed by atoms with van der Waals surface area (Å²) < 4.78 is 49.7. The fraction of sp³-hybridized carbons (Fsp3) is 1.00. The third kappa shape index (κ3) is 8.03. The summed E-state index contributed by atoms with van der Waals surface area (Å²) in [6.45, 7) is 0.529. The van der Waals surface area contributed by atoms with Gasteiger partial charge in [-0.1, -0.05) is 0 Å². The Morgan fingerprint density at radius 2 is 2.00 bits per heavy atom. The summed E-state index contributed by atoms with van der Waals surface area (Å²) in [6.07, 6.45) is 0. The zero-order valence-electron chi connectivity index (χ0n) is 4.41. The summed E-state index contributed by atoms with van der Waals surface area (Å²) in [4.78, 5) is 0. The van der Waals surface area contributed by atoms with Crippen molar-refractivity contribution in [2.24, 2.45) is 0 Å². The molecule has 0 aliphatic carbocycles.